The van der Waals surface area contributed by atoms with Gasteiger partial charge in [0.25, 0.3) is 0 Å². The minimum absolute atomic E-state index is 0.0345. The fourth-order valence-corrected chi connectivity index (χ4v) is 3.53. The zero-order valence-electron chi connectivity index (χ0n) is 18.8. The summed E-state index contributed by atoms with van der Waals surface area (Å²) in [4.78, 5) is 26.4. The number of hydrogen-bond donors (Lipinski definition) is 0. The molecule has 4 rings (SSSR count). The number of esters is 1. The Labute approximate surface area is 183 Å². The second-order valence-electron chi connectivity index (χ2n) is 8.86. The number of fused-ring (bicyclic) bond motifs is 8. The lowest BCUT2D eigenvalue weighted by atomic mass is 9.88. The minimum atomic E-state index is -0.553. The maximum absolute atomic E-state index is 12.7. The number of carbonyl (C=O) groups is 2. The second kappa shape index (κ2) is 10.2. The summed E-state index contributed by atoms with van der Waals surface area (Å²) in [5, 5.41) is 0. The number of carbonyl (C=O) groups excluding carboxylic acids is 2. The molecule has 31 heavy (non-hydrogen) atoms. The molecule has 0 spiro atoms. The molecular formula is C23H33NO7. The van der Waals surface area contributed by atoms with Crippen molar-refractivity contribution >= 4 is 12.1 Å². The van der Waals surface area contributed by atoms with E-state index >= 15 is 0 Å². The fourth-order valence-electron chi connectivity index (χ4n) is 3.53. The highest BCUT2D eigenvalue weighted by Crippen LogP contribution is 2.36. The predicted octanol–water partition coefficient (Wildman–Crippen LogP) is 3.81. The molecule has 2 heterocycles. The zero-order valence-corrected chi connectivity index (χ0v) is 18.8. The van der Waals surface area contributed by atoms with Crippen molar-refractivity contribution in [2.24, 2.45) is 0 Å². The Hall–Kier alpha value is -2.48. The Morgan fingerprint density at radius 1 is 1.06 bits per heavy atom. The van der Waals surface area contributed by atoms with Crippen LogP contribution in [0.1, 0.15) is 56.8 Å². The molecule has 1 aromatic rings. The van der Waals surface area contributed by atoms with Crippen LogP contribution in [0.2, 0.25) is 0 Å². The SMILES string of the molecule is COC(=O)c1ccc2c(c1)OCCCCOCCN(C(=O)OC(C)(C)C)[C@H]1C[C@@H](C1)O2. The molecule has 2 aliphatic heterocycles. The van der Waals surface area contributed by atoms with Gasteiger partial charge in [0.05, 0.1) is 25.9 Å². The highest BCUT2D eigenvalue weighted by molar-refractivity contribution is 5.90. The van der Waals surface area contributed by atoms with Crippen LogP contribution >= 0.6 is 0 Å². The van der Waals surface area contributed by atoms with Crippen molar-refractivity contribution < 1.29 is 33.3 Å². The molecule has 8 nitrogen and oxygen atoms in total. The Morgan fingerprint density at radius 3 is 2.52 bits per heavy atom. The van der Waals surface area contributed by atoms with Crippen molar-refractivity contribution in [1.29, 1.82) is 0 Å². The average molecular weight is 436 g/mol. The summed E-state index contributed by atoms with van der Waals surface area (Å²) >= 11 is 0. The molecule has 3 aliphatic rings. The van der Waals surface area contributed by atoms with Gasteiger partial charge in [-0.1, -0.05) is 0 Å². The van der Waals surface area contributed by atoms with E-state index in [0.717, 1.165) is 12.8 Å². The van der Waals surface area contributed by atoms with Crippen LogP contribution in [0.15, 0.2) is 18.2 Å². The van der Waals surface area contributed by atoms with E-state index in [0.29, 0.717) is 56.3 Å². The van der Waals surface area contributed by atoms with Crippen molar-refractivity contribution in [3.8, 4) is 11.5 Å². The van der Waals surface area contributed by atoms with Gasteiger partial charge in [-0.2, -0.15) is 0 Å². The summed E-state index contributed by atoms with van der Waals surface area (Å²) in [7, 11) is 1.35. The van der Waals surface area contributed by atoms with Crippen molar-refractivity contribution in [1.82, 2.24) is 4.90 Å². The van der Waals surface area contributed by atoms with E-state index in [1.807, 2.05) is 20.8 Å². The molecule has 1 aromatic carbocycles. The number of nitrogens with zero attached hydrogens (tertiary/aromatic N) is 1. The molecule has 1 amide bonds. The lowest BCUT2D eigenvalue weighted by Gasteiger charge is -2.42. The molecule has 1 aliphatic carbocycles. The van der Waals surface area contributed by atoms with E-state index in [9.17, 15) is 9.59 Å². The summed E-state index contributed by atoms with van der Waals surface area (Å²) in [5.41, 5.74) is -0.143. The normalized spacial score (nSPS) is 22.4. The Balaban J connectivity index is 1.73. The van der Waals surface area contributed by atoms with Gasteiger partial charge in [0.2, 0.25) is 0 Å². The number of methoxy groups -OCH3 is 1. The van der Waals surface area contributed by atoms with Crippen molar-refractivity contribution in [3.63, 3.8) is 0 Å². The van der Waals surface area contributed by atoms with Gasteiger partial charge in [0.15, 0.2) is 11.5 Å². The summed E-state index contributed by atoms with van der Waals surface area (Å²) in [5.74, 6) is 0.685. The third-order valence-electron chi connectivity index (χ3n) is 5.21. The standard InChI is InChI=1S/C23H33NO7/c1-23(2,3)31-22(26)24-9-12-28-10-5-6-11-29-20-13-16(21(25)27-4)7-8-19(20)30-18-14-17(24)15-18/h7-8,13,17-18H,5-6,9-12,14-15H2,1-4H3/t17-,18-. The Bertz CT molecular complexity index is 768. The minimum Gasteiger partial charge on any atom is -0.490 e. The first kappa shape index (κ1) is 23.2. The Kier molecular flexibility index (Phi) is 7.64. The lowest BCUT2D eigenvalue weighted by molar-refractivity contribution is -0.0258. The third-order valence-corrected chi connectivity index (χ3v) is 5.21. The smallest absolute Gasteiger partial charge is 0.410 e. The van der Waals surface area contributed by atoms with Gasteiger partial charge in [0, 0.05) is 32.0 Å². The first-order valence-corrected chi connectivity index (χ1v) is 10.9. The number of rotatable bonds is 1. The van der Waals surface area contributed by atoms with Crippen LogP contribution in [0.5, 0.6) is 11.5 Å². The summed E-state index contributed by atoms with van der Waals surface area (Å²) in [6.45, 7) is 7.61. The molecule has 0 unspecified atom stereocenters. The molecule has 0 aromatic heterocycles. The first-order chi connectivity index (χ1) is 14.8. The van der Waals surface area contributed by atoms with E-state index in [-0.39, 0.29) is 18.2 Å². The van der Waals surface area contributed by atoms with Crippen LogP contribution in [-0.2, 0) is 14.2 Å². The van der Waals surface area contributed by atoms with Crippen LogP contribution in [-0.4, -0.2) is 68.2 Å². The number of ether oxygens (including phenoxy) is 5. The molecule has 0 saturated heterocycles. The predicted molar refractivity (Wildman–Crippen MR) is 114 cm³/mol. The maximum atomic E-state index is 12.7. The third kappa shape index (κ3) is 6.50. The fraction of sp³-hybridized carbons (Fsp3) is 0.652. The lowest BCUT2D eigenvalue weighted by Crippen LogP contribution is -2.53. The van der Waals surface area contributed by atoms with Crippen LogP contribution in [0, 0.1) is 0 Å². The number of benzene rings is 1. The monoisotopic (exact) mass is 435 g/mol. The average Bonchev–Trinajstić information content (AvgIpc) is 2.69. The van der Waals surface area contributed by atoms with Crippen molar-refractivity contribution in [3.05, 3.63) is 23.8 Å². The van der Waals surface area contributed by atoms with Crippen LogP contribution < -0.4 is 9.47 Å². The summed E-state index contributed by atoms with van der Waals surface area (Å²) in [6, 6.07) is 5.09. The van der Waals surface area contributed by atoms with E-state index in [1.54, 1.807) is 23.1 Å². The van der Waals surface area contributed by atoms with Crippen molar-refractivity contribution in [2.75, 3.05) is 33.5 Å². The van der Waals surface area contributed by atoms with Gasteiger partial charge >= 0.3 is 12.1 Å². The summed E-state index contributed by atoms with van der Waals surface area (Å²) < 4.78 is 28.2. The second-order valence-corrected chi connectivity index (χ2v) is 8.86. The highest BCUT2D eigenvalue weighted by atomic mass is 16.6. The molecule has 1 saturated carbocycles. The highest BCUT2D eigenvalue weighted by Gasteiger charge is 2.39. The summed E-state index contributed by atoms with van der Waals surface area (Å²) in [6.07, 6.45) is 2.63. The molecule has 8 heteroatoms. The molecule has 172 valence electrons. The first-order valence-electron chi connectivity index (χ1n) is 10.9. The van der Waals surface area contributed by atoms with Crippen molar-refractivity contribution in [2.45, 2.75) is 64.2 Å². The van der Waals surface area contributed by atoms with E-state index < -0.39 is 11.6 Å². The topological polar surface area (TPSA) is 83.5 Å². The molecule has 1 fully saturated rings. The number of hydrogen-bond acceptors (Lipinski definition) is 7. The van der Waals surface area contributed by atoms with Gasteiger partial charge in [-0.05, 0) is 51.8 Å². The van der Waals surface area contributed by atoms with E-state index in [4.69, 9.17) is 23.7 Å². The molecule has 0 atom stereocenters. The molecule has 0 N–H and O–H groups in total. The van der Waals surface area contributed by atoms with Gasteiger partial charge in [-0.25, -0.2) is 9.59 Å². The molecule has 0 radical (unpaired) electrons. The van der Waals surface area contributed by atoms with Crippen LogP contribution in [0.4, 0.5) is 4.79 Å². The van der Waals surface area contributed by atoms with Crippen LogP contribution in [0.3, 0.4) is 0 Å². The van der Waals surface area contributed by atoms with E-state index in [1.165, 1.54) is 7.11 Å². The van der Waals surface area contributed by atoms with Crippen LogP contribution in [0.25, 0.3) is 0 Å². The van der Waals surface area contributed by atoms with Gasteiger partial charge < -0.3 is 28.6 Å². The largest absolute Gasteiger partial charge is 0.490 e. The molecular weight excluding hydrogens is 402 g/mol. The maximum Gasteiger partial charge on any atom is 0.410 e. The van der Waals surface area contributed by atoms with Gasteiger partial charge in [-0.3, -0.25) is 0 Å². The van der Waals surface area contributed by atoms with Gasteiger partial charge in [0.1, 0.15) is 11.7 Å². The quantitative estimate of drug-likeness (QED) is 0.620. The van der Waals surface area contributed by atoms with E-state index in [2.05, 4.69) is 0 Å². The molecule has 2 bridgehead atoms. The zero-order chi connectivity index (χ0) is 22.4. The van der Waals surface area contributed by atoms with Gasteiger partial charge in [-0.15, -0.1) is 0 Å². The Morgan fingerprint density at radius 2 is 1.81 bits per heavy atom. The number of amides is 1.